The van der Waals surface area contributed by atoms with Crippen LogP contribution in [0.2, 0.25) is 10.0 Å². The van der Waals surface area contributed by atoms with E-state index in [4.69, 9.17) is 38.4 Å². The maximum atomic E-state index is 6.26. The van der Waals surface area contributed by atoms with Gasteiger partial charge in [0.1, 0.15) is 11.9 Å². The Morgan fingerprint density at radius 2 is 2.15 bits per heavy atom. The number of ether oxygens (including phenoxy) is 2. The Labute approximate surface area is 129 Å². The Hall–Kier alpha value is -0.480. The Morgan fingerprint density at radius 3 is 2.80 bits per heavy atom. The van der Waals surface area contributed by atoms with Crippen LogP contribution in [0.3, 0.4) is 0 Å². The Morgan fingerprint density at radius 1 is 1.35 bits per heavy atom. The molecule has 1 aromatic carbocycles. The highest BCUT2D eigenvalue weighted by atomic mass is 35.5. The predicted octanol–water partition coefficient (Wildman–Crippen LogP) is 3.93. The van der Waals surface area contributed by atoms with Gasteiger partial charge in [0, 0.05) is 30.0 Å². The first-order chi connectivity index (χ1) is 9.62. The van der Waals surface area contributed by atoms with Crippen LogP contribution in [0.15, 0.2) is 12.1 Å². The summed E-state index contributed by atoms with van der Waals surface area (Å²) in [4.78, 5) is 0. The van der Waals surface area contributed by atoms with Crippen molar-refractivity contribution in [3.05, 3.63) is 27.7 Å². The molecular formula is C15H19Cl2NO2. The molecule has 1 unspecified atom stereocenters. The SMILES string of the molecule is NCc1cc(Cl)cc(Cl)c1OC1CCOC2(CCC2)C1. The molecule has 1 aliphatic carbocycles. The van der Waals surface area contributed by atoms with E-state index in [1.807, 2.05) is 6.07 Å². The van der Waals surface area contributed by atoms with Gasteiger partial charge in [-0.2, -0.15) is 0 Å². The molecule has 20 heavy (non-hydrogen) atoms. The van der Waals surface area contributed by atoms with E-state index in [-0.39, 0.29) is 11.7 Å². The zero-order valence-electron chi connectivity index (χ0n) is 11.3. The first kappa shape index (κ1) is 14.5. The fourth-order valence-electron chi connectivity index (χ4n) is 3.07. The number of rotatable bonds is 3. The van der Waals surface area contributed by atoms with Gasteiger partial charge in [0.25, 0.3) is 0 Å². The topological polar surface area (TPSA) is 44.5 Å². The number of halogens is 2. The summed E-state index contributed by atoms with van der Waals surface area (Å²) < 4.78 is 12.1. The van der Waals surface area contributed by atoms with Gasteiger partial charge in [-0.3, -0.25) is 0 Å². The zero-order valence-corrected chi connectivity index (χ0v) is 12.8. The van der Waals surface area contributed by atoms with Crippen molar-refractivity contribution < 1.29 is 9.47 Å². The molecule has 5 heteroatoms. The molecule has 0 radical (unpaired) electrons. The standard InChI is InChI=1S/C15H19Cl2NO2/c16-11-6-10(9-18)14(13(17)7-11)20-12-2-5-19-15(8-12)3-1-4-15/h6-7,12H,1-5,8-9,18H2. The molecule has 3 rings (SSSR count). The van der Waals surface area contributed by atoms with E-state index in [0.29, 0.717) is 22.3 Å². The lowest BCUT2D eigenvalue weighted by Crippen LogP contribution is -2.48. The summed E-state index contributed by atoms with van der Waals surface area (Å²) in [6.45, 7) is 1.12. The van der Waals surface area contributed by atoms with Crippen molar-refractivity contribution in [2.75, 3.05) is 6.61 Å². The van der Waals surface area contributed by atoms with Gasteiger partial charge < -0.3 is 15.2 Å². The number of nitrogens with two attached hydrogens (primary N) is 1. The average Bonchev–Trinajstić information content (AvgIpc) is 2.40. The van der Waals surface area contributed by atoms with Gasteiger partial charge >= 0.3 is 0 Å². The lowest BCUT2D eigenvalue weighted by molar-refractivity contribution is -0.153. The third-order valence-electron chi connectivity index (χ3n) is 4.30. The lowest BCUT2D eigenvalue weighted by atomic mass is 9.74. The summed E-state index contributed by atoms with van der Waals surface area (Å²) in [6, 6.07) is 3.53. The van der Waals surface area contributed by atoms with Gasteiger partial charge in [0.15, 0.2) is 0 Å². The van der Waals surface area contributed by atoms with Gasteiger partial charge in [0.05, 0.1) is 17.2 Å². The maximum Gasteiger partial charge on any atom is 0.142 e. The normalized spacial score (nSPS) is 24.4. The predicted molar refractivity (Wildman–Crippen MR) is 80.5 cm³/mol. The van der Waals surface area contributed by atoms with Crippen molar-refractivity contribution in [1.29, 1.82) is 0 Å². The van der Waals surface area contributed by atoms with Crippen LogP contribution in [0.4, 0.5) is 0 Å². The van der Waals surface area contributed by atoms with Crippen LogP contribution >= 0.6 is 23.2 Å². The molecule has 0 aromatic heterocycles. The van der Waals surface area contributed by atoms with Crippen LogP contribution in [0.5, 0.6) is 5.75 Å². The molecule has 1 atom stereocenters. The molecule has 1 saturated carbocycles. The number of hydrogen-bond donors (Lipinski definition) is 1. The molecule has 1 aromatic rings. The molecule has 0 bridgehead atoms. The summed E-state index contributed by atoms with van der Waals surface area (Å²) in [5.41, 5.74) is 6.68. The first-order valence-electron chi connectivity index (χ1n) is 7.10. The van der Waals surface area contributed by atoms with Gasteiger partial charge in [0.2, 0.25) is 0 Å². The van der Waals surface area contributed by atoms with Crippen molar-refractivity contribution in [1.82, 2.24) is 0 Å². The molecule has 3 nitrogen and oxygen atoms in total. The number of benzene rings is 1. The van der Waals surface area contributed by atoms with Crippen LogP contribution in [-0.2, 0) is 11.3 Å². The Kier molecular flexibility index (Phi) is 4.14. The maximum absolute atomic E-state index is 6.26. The second-order valence-corrected chi connectivity index (χ2v) is 6.54. The van der Waals surface area contributed by atoms with Crippen molar-refractivity contribution in [3.8, 4) is 5.75 Å². The van der Waals surface area contributed by atoms with Gasteiger partial charge in [-0.1, -0.05) is 23.2 Å². The van der Waals surface area contributed by atoms with Gasteiger partial charge in [-0.15, -0.1) is 0 Å². The minimum Gasteiger partial charge on any atom is -0.488 e. The average molecular weight is 316 g/mol. The van der Waals surface area contributed by atoms with Crippen LogP contribution in [0, 0.1) is 0 Å². The molecule has 2 aliphatic rings. The minimum absolute atomic E-state index is 0.0602. The van der Waals surface area contributed by atoms with Crippen molar-refractivity contribution in [2.24, 2.45) is 5.73 Å². The third kappa shape index (κ3) is 2.77. The number of hydrogen-bond acceptors (Lipinski definition) is 3. The molecule has 2 N–H and O–H groups in total. The van der Waals surface area contributed by atoms with E-state index in [2.05, 4.69) is 0 Å². The first-order valence-corrected chi connectivity index (χ1v) is 7.86. The molecule has 1 spiro atoms. The molecule has 110 valence electrons. The van der Waals surface area contributed by atoms with Crippen LogP contribution in [0.1, 0.15) is 37.7 Å². The summed E-state index contributed by atoms with van der Waals surface area (Å²) in [7, 11) is 0. The fourth-order valence-corrected chi connectivity index (χ4v) is 3.65. The summed E-state index contributed by atoms with van der Waals surface area (Å²) in [6.07, 6.45) is 5.52. The molecular weight excluding hydrogens is 297 g/mol. The van der Waals surface area contributed by atoms with E-state index in [9.17, 15) is 0 Å². The highest BCUT2D eigenvalue weighted by Gasteiger charge is 2.43. The Bertz CT molecular complexity index is 503. The van der Waals surface area contributed by atoms with E-state index >= 15 is 0 Å². The van der Waals surface area contributed by atoms with Crippen LogP contribution in [0.25, 0.3) is 0 Å². The summed E-state index contributed by atoms with van der Waals surface area (Å²) >= 11 is 12.3. The second kappa shape index (κ2) is 5.72. The molecule has 2 fully saturated rings. The van der Waals surface area contributed by atoms with Gasteiger partial charge in [-0.25, -0.2) is 0 Å². The van der Waals surface area contributed by atoms with E-state index < -0.39 is 0 Å². The van der Waals surface area contributed by atoms with E-state index in [1.54, 1.807) is 6.07 Å². The van der Waals surface area contributed by atoms with Gasteiger partial charge in [-0.05, 0) is 31.4 Å². The van der Waals surface area contributed by atoms with E-state index in [1.165, 1.54) is 6.42 Å². The zero-order chi connectivity index (χ0) is 14.2. The third-order valence-corrected chi connectivity index (χ3v) is 4.80. The summed E-state index contributed by atoms with van der Waals surface area (Å²) in [5, 5.41) is 1.12. The second-order valence-electron chi connectivity index (χ2n) is 5.70. The molecule has 1 aliphatic heterocycles. The largest absolute Gasteiger partial charge is 0.488 e. The fraction of sp³-hybridized carbons (Fsp3) is 0.600. The van der Waals surface area contributed by atoms with Crippen molar-refractivity contribution >= 4 is 23.2 Å². The monoisotopic (exact) mass is 315 g/mol. The summed E-state index contributed by atoms with van der Waals surface area (Å²) in [5.74, 6) is 0.681. The minimum atomic E-state index is 0.0602. The smallest absolute Gasteiger partial charge is 0.142 e. The van der Waals surface area contributed by atoms with Crippen LogP contribution in [-0.4, -0.2) is 18.3 Å². The lowest BCUT2D eigenvalue weighted by Gasteiger charge is -2.47. The highest BCUT2D eigenvalue weighted by molar-refractivity contribution is 6.35. The van der Waals surface area contributed by atoms with Crippen molar-refractivity contribution in [2.45, 2.75) is 50.4 Å². The quantitative estimate of drug-likeness (QED) is 0.919. The van der Waals surface area contributed by atoms with Crippen molar-refractivity contribution in [3.63, 3.8) is 0 Å². The molecule has 1 saturated heterocycles. The van der Waals surface area contributed by atoms with Crippen LogP contribution < -0.4 is 10.5 Å². The van der Waals surface area contributed by atoms with E-state index in [0.717, 1.165) is 37.9 Å². The Balaban J connectivity index is 1.77. The molecule has 0 amide bonds. The highest BCUT2D eigenvalue weighted by Crippen LogP contribution is 2.44. The molecule has 1 heterocycles.